The molecule has 1 aromatic carbocycles. The fourth-order valence-electron chi connectivity index (χ4n) is 2.82. The van der Waals surface area contributed by atoms with E-state index in [4.69, 9.17) is 10.5 Å². The van der Waals surface area contributed by atoms with Crippen molar-refractivity contribution in [1.82, 2.24) is 0 Å². The first-order valence-corrected chi connectivity index (χ1v) is 8.01. The number of nitrogens with one attached hydrogen (secondary N) is 1. The lowest BCUT2D eigenvalue weighted by molar-refractivity contribution is -0.384. The molecule has 3 N–H and O–H groups in total. The fraction of sp³-hybridized carbons (Fsp3) is 0.562. The highest BCUT2D eigenvalue weighted by atomic mass is 16.6. The van der Waals surface area contributed by atoms with Crippen LogP contribution in [0.25, 0.3) is 0 Å². The van der Waals surface area contributed by atoms with Gasteiger partial charge in [-0.3, -0.25) is 14.9 Å². The number of carbonyl (C=O) groups excluding carboxylic acids is 1. The van der Waals surface area contributed by atoms with Crippen LogP contribution >= 0.6 is 0 Å². The summed E-state index contributed by atoms with van der Waals surface area (Å²) in [5.74, 6) is -0.694. The predicted octanol–water partition coefficient (Wildman–Crippen LogP) is 2.85. The number of carbonyl (C=O) groups is 1. The molecule has 0 saturated heterocycles. The van der Waals surface area contributed by atoms with Gasteiger partial charge < -0.3 is 15.8 Å². The number of amides is 1. The molecule has 7 heteroatoms. The predicted molar refractivity (Wildman–Crippen MR) is 87.5 cm³/mol. The van der Waals surface area contributed by atoms with Gasteiger partial charge >= 0.3 is 0 Å². The third kappa shape index (κ3) is 5.21. The minimum atomic E-state index is -0.694. The Morgan fingerprint density at radius 2 is 2.00 bits per heavy atom. The number of benzene rings is 1. The number of rotatable bonds is 7. The third-order valence-corrected chi connectivity index (χ3v) is 4.05. The lowest BCUT2D eigenvalue weighted by atomic mass is 10.1. The lowest BCUT2D eigenvalue weighted by Crippen LogP contribution is -2.20. The molecule has 0 heterocycles. The van der Waals surface area contributed by atoms with E-state index in [-0.39, 0.29) is 11.3 Å². The molecule has 1 aliphatic rings. The van der Waals surface area contributed by atoms with Gasteiger partial charge in [-0.2, -0.15) is 0 Å². The van der Waals surface area contributed by atoms with Crippen molar-refractivity contribution in [3.8, 4) is 0 Å². The SMILES string of the molecule is NC(=O)c1cc([N+](=O)[O-])ccc1NCCOC1CCCCCC1. The molecule has 0 spiro atoms. The first-order valence-electron chi connectivity index (χ1n) is 8.01. The molecule has 1 fully saturated rings. The zero-order valence-electron chi connectivity index (χ0n) is 13.1. The molecule has 1 amide bonds. The zero-order chi connectivity index (χ0) is 16.7. The Balaban J connectivity index is 1.87. The van der Waals surface area contributed by atoms with Crippen LogP contribution in [-0.4, -0.2) is 30.1 Å². The number of primary amides is 1. The number of nitro groups is 1. The molecule has 1 aliphatic carbocycles. The van der Waals surface area contributed by atoms with Crippen LogP contribution in [0.15, 0.2) is 18.2 Å². The molecule has 0 aromatic heterocycles. The second kappa shape index (κ2) is 8.47. The summed E-state index contributed by atoms with van der Waals surface area (Å²) in [7, 11) is 0. The summed E-state index contributed by atoms with van der Waals surface area (Å²) in [6.45, 7) is 1.05. The summed E-state index contributed by atoms with van der Waals surface area (Å²) >= 11 is 0. The van der Waals surface area contributed by atoms with Crippen LogP contribution in [0.5, 0.6) is 0 Å². The van der Waals surface area contributed by atoms with Crippen molar-refractivity contribution in [3.05, 3.63) is 33.9 Å². The lowest BCUT2D eigenvalue weighted by Gasteiger charge is -2.16. The molecule has 23 heavy (non-hydrogen) atoms. The van der Waals surface area contributed by atoms with Gasteiger partial charge in [-0.15, -0.1) is 0 Å². The fourth-order valence-corrected chi connectivity index (χ4v) is 2.82. The number of hydrogen-bond donors (Lipinski definition) is 2. The summed E-state index contributed by atoms with van der Waals surface area (Å²) in [5, 5.41) is 13.8. The summed E-state index contributed by atoms with van der Waals surface area (Å²) in [6.07, 6.45) is 7.50. The highest BCUT2D eigenvalue weighted by Crippen LogP contribution is 2.22. The third-order valence-electron chi connectivity index (χ3n) is 4.05. The Bertz CT molecular complexity index is 554. The maximum absolute atomic E-state index is 11.4. The number of anilines is 1. The highest BCUT2D eigenvalue weighted by molar-refractivity contribution is 5.99. The standard InChI is InChI=1S/C16H23N3O4/c17-16(20)14-11-12(19(21)22)7-8-15(14)18-9-10-23-13-5-3-1-2-4-6-13/h7-8,11,13,18H,1-6,9-10H2,(H2,17,20). The maximum Gasteiger partial charge on any atom is 0.270 e. The van der Waals surface area contributed by atoms with E-state index in [9.17, 15) is 14.9 Å². The Hall–Kier alpha value is -2.15. The van der Waals surface area contributed by atoms with E-state index in [0.717, 1.165) is 12.8 Å². The first kappa shape index (κ1) is 17.2. The molecule has 1 saturated carbocycles. The molecular formula is C16H23N3O4. The Labute approximate surface area is 135 Å². The molecule has 1 aromatic rings. The van der Waals surface area contributed by atoms with Gasteiger partial charge in [0.25, 0.3) is 11.6 Å². The van der Waals surface area contributed by atoms with Gasteiger partial charge in [0, 0.05) is 24.4 Å². The average molecular weight is 321 g/mol. The zero-order valence-corrected chi connectivity index (χ0v) is 13.1. The summed E-state index contributed by atoms with van der Waals surface area (Å²) in [5.41, 5.74) is 5.75. The second-order valence-corrected chi connectivity index (χ2v) is 5.76. The minimum Gasteiger partial charge on any atom is -0.382 e. The number of nitro benzene ring substituents is 1. The van der Waals surface area contributed by atoms with Crippen LogP contribution in [0.4, 0.5) is 11.4 Å². The molecule has 0 bridgehead atoms. The molecular weight excluding hydrogens is 298 g/mol. The van der Waals surface area contributed by atoms with E-state index < -0.39 is 10.8 Å². The van der Waals surface area contributed by atoms with E-state index in [2.05, 4.69) is 5.32 Å². The highest BCUT2D eigenvalue weighted by Gasteiger charge is 2.15. The van der Waals surface area contributed by atoms with Crippen molar-refractivity contribution in [2.24, 2.45) is 5.73 Å². The normalized spacial score (nSPS) is 15.8. The van der Waals surface area contributed by atoms with Crippen LogP contribution in [0.2, 0.25) is 0 Å². The summed E-state index contributed by atoms with van der Waals surface area (Å²) in [6, 6.07) is 4.04. The molecule has 0 radical (unpaired) electrons. The van der Waals surface area contributed by atoms with Crippen molar-refractivity contribution >= 4 is 17.3 Å². The number of nitrogens with two attached hydrogens (primary N) is 1. The van der Waals surface area contributed by atoms with Gasteiger partial charge in [-0.25, -0.2) is 0 Å². The van der Waals surface area contributed by atoms with E-state index >= 15 is 0 Å². The topological polar surface area (TPSA) is 107 Å². The van der Waals surface area contributed by atoms with Crippen LogP contribution < -0.4 is 11.1 Å². The maximum atomic E-state index is 11.4. The van der Waals surface area contributed by atoms with E-state index in [1.165, 1.54) is 43.9 Å². The van der Waals surface area contributed by atoms with Crippen molar-refractivity contribution in [2.75, 3.05) is 18.5 Å². The molecule has 0 unspecified atom stereocenters. The van der Waals surface area contributed by atoms with E-state index in [1.54, 1.807) is 0 Å². The average Bonchev–Trinajstić information content (AvgIpc) is 2.80. The van der Waals surface area contributed by atoms with Gasteiger partial charge in [0.15, 0.2) is 0 Å². The Morgan fingerprint density at radius 1 is 1.30 bits per heavy atom. The summed E-state index contributed by atoms with van der Waals surface area (Å²) < 4.78 is 5.86. The molecule has 0 aliphatic heterocycles. The van der Waals surface area contributed by atoms with Crippen molar-refractivity contribution in [3.63, 3.8) is 0 Å². The Morgan fingerprint density at radius 3 is 2.61 bits per heavy atom. The molecule has 2 rings (SSSR count). The molecule has 126 valence electrons. The van der Waals surface area contributed by atoms with Crippen LogP contribution in [0.3, 0.4) is 0 Å². The van der Waals surface area contributed by atoms with Gasteiger partial charge in [0.05, 0.1) is 23.2 Å². The number of hydrogen-bond acceptors (Lipinski definition) is 5. The second-order valence-electron chi connectivity index (χ2n) is 5.76. The summed E-state index contributed by atoms with van der Waals surface area (Å²) in [4.78, 5) is 21.7. The number of ether oxygens (including phenoxy) is 1. The van der Waals surface area contributed by atoms with Gasteiger partial charge in [-0.1, -0.05) is 25.7 Å². The number of non-ortho nitro benzene ring substituents is 1. The number of nitrogens with zero attached hydrogens (tertiary/aromatic N) is 1. The monoisotopic (exact) mass is 321 g/mol. The quantitative estimate of drug-likeness (QED) is 0.347. The van der Waals surface area contributed by atoms with E-state index in [1.807, 2.05) is 0 Å². The molecule has 7 nitrogen and oxygen atoms in total. The van der Waals surface area contributed by atoms with Crippen molar-refractivity contribution < 1.29 is 14.5 Å². The van der Waals surface area contributed by atoms with Gasteiger partial charge in [0.2, 0.25) is 0 Å². The largest absolute Gasteiger partial charge is 0.382 e. The van der Waals surface area contributed by atoms with Crippen molar-refractivity contribution in [2.45, 2.75) is 44.6 Å². The van der Waals surface area contributed by atoms with Crippen LogP contribution in [-0.2, 0) is 4.74 Å². The molecule has 0 atom stereocenters. The van der Waals surface area contributed by atoms with Crippen LogP contribution in [0.1, 0.15) is 48.9 Å². The van der Waals surface area contributed by atoms with E-state index in [0.29, 0.717) is 24.9 Å². The van der Waals surface area contributed by atoms with Gasteiger partial charge in [-0.05, 0) is 18.9 Å². The van der Waals surface area contributed by atoms with Gasteiger partial charge in [0.1, 0.15) is 0 Å². The smallest absolute Gasteiger partial charge is 0.270 e. The first-order chi connectivity index (χ1) is 11.1. The Kier molecular flexibility index (Phi) is 6.34. The minimum absolute atomic E-state index is 0.119. The van der Waals surface area contributed by atoms with Crippen molar-refractivity contribution in [1.29, 1.82) is 0 Å². The van der Waals surface area contributed by atoms with Crippen LogP contribution in [0, 0.1) is 10.1 Å².